The Morgan fingerprint density at radius 3 is 2.21 bits per heavy atom. The van der Waals surface area contributed by atoms with Crippen molar-refractivity contribution < 1.29 is 8.78 Å². The van der Waals surface area contributed by atoms with Crippen LogP contribution in [-0.4, -0.2) is 0 Å². The summed E-state index contributed by atoms with van der Waals surface area (Å²) in [5.74, 6) is -1.19. The predicted octanol–water partition coefficient (Wildman–Crippen LogP) is 4.90. The van der Waals surface area contributed by atoms with Gasteiger partial charge in [0.25, 0.3) is 0 Å². The van der Waals surface area contributed by atoms with Gasteiger partial charge in [-0.2, -0.15) is 0 Å². The van der Waals surface area contributed by atoms with Crippen LogP contribution in [0.4, 0.5) is 14.5 Å². The molecule has 0 aliphatic carbocycles. The SMILES string of the molecule is CCc1ccccc1CNc1c(F)cc(Br)cc1F. The maximum absolute atomic E-state index is 13.7. The van der Waals surface area contributed by atoms with Gasteiger partial charge in [0.1, 0.15) is 17.3 Å². The lowest BCUT2D eigenvalue weighted by molar-refractivity contribution is 0.586. The quantitative estimate of drug-likeness (QED) is 0.842. The number of hydrogen-bond acceptors (Lipinski definition) is 1. The summed E-state index contributed by atoms with van der Waals surface area (Å²) in [5.41, 5.74) is 2.13. The lowest BCUT2D eigenvalue weighted by Gasteiger charge is -2.12. The third-order valence-corrected chi connectivity index (χ3v) is 3.42. The van der Waals surface area contributed by atoms with Crippen molar-refractivity contribution in [1.82, 2.24) is 0 Å². The molecule has 2 rings (SSSR count). The standard InChI is InChI=1S/C15H14BrF2N/c1-2-10-5-3-4-6-11(10)9-19-15-13(17)7-12(16)8-14(15)18/h3-8,19H,2,9H2,1H3. The highest BCUT2D eigenvalue weighted by molar-refractivity contribution is 9.10. The van der Waals surface area contributed by atoms with Crippen LogP contribution in [0, 0.1) is 11.6 Å². The molecule has 0 amide bonds. The molecule has 4 heteroatoms. The van der Waals surface area contributed by atoms with E-state index in [4.69, 9.17) is 0 Å². The van der Waals surface area contributed by atoms with Gasteiger partial charge in [-0.1, -0.05) is 47.1 Å². The molecule has 0 heterocycles. The Morgan fingerprint density at radius 2 is 1.63 bits per heavy atom. The second kappa shape index (κ2) is 6.15. The minimum Gasteiger partial charge on any atom is -0.376 e. The van der Waals surface area contributed by atoms with Gasteiger partial charge in [-0.15, -0.1) is 0 Å². The zero-order valence-corrected chi connectivity index (χ0v) is 12.1. The number of aryl methyl sites for hydroxylation is 1. The first-order valence-corrected chi connectivity index (χ1v) is 6.86. The molecule has 0 fully saturated rings. The van der Waals surface area contributed by atoms with Crippen molar-refractivity contribution in [3.63, 3.8) is 0 Å². The highest BCUT2D eigenvalue weighted by Crippen LogP contribution is 2.24. The predicted molar refractivity (Wildman–Crippen MR) is 77.2 cm³/mol. The molecule has 0 saturated carbocycles. The molecule has 0 atom stereocenters. The van der Waals surface area contributed by atoms with Crippen molar-refractivity contribution in [2.75, 3.05) is 5.32 Å². The van der Waals surface area contributed by atoms with Gasteiger partial charge in [0, 0.05) is 11.0 Å². The van der Waals surface area contributed by atoms with E-state index in [0.29, 0.717) is 11.0 Å². The van der Waals surface area contributed by atoms with Gasteiger partial charge < -0.3 is 5.32 Å². The van der Waals surface area contributed by atoms with E-state index in [-0.39, 0.29) is 5.69 Å². The molecule has 100 valence electrons. The first-order chi connectivity index (χ1) is 9.11. The summed E-state index contributed by atoms with van der Waals surface area (Å²) in [4.78, 5) is 0. The van der Waals surface area contributed by atoms with Crippen LogP contribution in [-0.2, 0) is 13.0 Å². The van der Waals surface area contributed by atoms with Gasteiger partial charge in [-0.05, 0) is 29.7 Å². The van der Waals surface area contributed by atoms with Gasteiger partial charge in [0.15, 0.2) is 0 Å². The molecule has 0 spiro atoms. The van der Waals surface area contributed by atoms with Crippen molar-refractivity contribution in [2.45, 2.75) is 19.9 Å². The molecule has 2 aromatic rings. The number of rotatable bonds is 4. The third-order valence-electron chi connectivity index (χ3n) is 2.96. The number of benzene rings is 2. The fraction of sp³-hybridized carbons (Fsp3) is 0.200. The summed E-state index contributed by atoms with van der Waals surface area (Å²) in [6, 6.07) is 10.4. The van der Waals surface area contributed by atoms with Crippen LogP contribution in [0.2, 0.25) is 0 Å². The topological polar surface area (TPSA) is 12.0 Å². The largest absolute Gasteiger partial charge is 0.376 e. The summed E-state index contributed by atoms with van der Waals surface area (Å²) in [6.07, 6.45) is 0.892. The van der Waals surface area contributed by atoms with Gasteiger partial charge in [0.05, 0.1) is 0 Å². The van der Waals surface area contributed by atoms with Crippen molar-refractivity contribution in [3.05, 3.63) is 63.6 Å². The lowest BCUT2D eigenvalue weighted by Crippen LogP contribution is -2.06. The lowest BCUT2D eigenvalue weighted by atomic mass is 10.1. The van der Waals surface area contributed by atoms with Crippen molar-refractivity contribution in [3.8, 4) is 0 Å². The summed E-state index contributed by atoms with van der Waals surface area (Å²) in [7, 11) is 0. The van der Waals surface area contributed by atoms with E-state index < -0.39 is 11.6 Å². The maximum Gasteiger partial charge on any atom is 0.150 e. The molecule has 0 unspecified atom stereocenters. The van der Waals surface area contributed by atoms with E-state index in [1.807, 2.05) is 24.3 Å². The molecule has 1 N–H and O–H groups in total. The summed E-state index contributed by atoms with van der Waals surface area (Å²) < 4.78 is 27.7. The van der Waals surface area contributed by atoms with Crippen LogP contribution in [0.1, 0.15) is 18.1 Å². The van der Waals surface area contributed by atoms with E-state index in [2.05, 4.69) is 28.2 Å². The molecule has 0 saturated heterocycles. The van der Waals surface area contributed by atoms with Crippen LogP contribution in [0.5, 0.6) is 0 Å². The molecule has 0 radical (unpaired) electrons. The minimum absolute atomic E-state index is 0.0888. The number of hydrogen-bond donors (Lipinski definition) is 1. The van der Waals surface area contributed by atoms with Gasteiger partial charge in [-0.3, -0.25) is 0 Å². The Hall–Kier alpha value is -1.42. The van der Waals surface area contributed by atoms with Gasteiger partial charge >= 0.3 is 0 Å². The molecular formula is C15H14BrF2N. The van der Waals surface area contributed by atoms with Crippen molar-refractivity contribution in [2.24, 2.45) is 0 Å². The fourth-order valence-electron chi connectivity index (χ4n) is 1.97. The average molecular weight is 326 g/mol. The molecule has 2 aromatic carbocycles. The second-order valence-corrected chi connectivity index (χ2v) is 5.14. The van der Waals surface area contributed by atoms with Gasteiger partial charge in [-0.25, -0.2) is 8.78 Å². The Morgan fingerprint density at radius 1 is 1.05 bits per heavy atom. The normalized spacial score (nSPS) is 10.5. The molecule has 0 aliphatic rings. The minimum atomic E-state index is -0.596. The Bertz CT molecular complexity index is 561. The Balaban J connectivity index is 2.19. The number of nitrogens with one attached hydrogen (secondary N) is 1. The van der Waals surface area contributed by atoms with Crippen LogP contribution in [0.3, 0.4) is 0 Å². The van der Waals surface area contributed by atoms with Crippen LogP contribution in [0.15, 0.2) is 40.9 Å². The highest BCUT2D eigenvalue weighted by atomic mass is 79.9. The summed E-state index contributed by atoms with van der Waals surface area (Å²) in [5, 5.41) is 2.83. The van der Waals surface area contributed by atoms with E-state index in [0.717, 1.165) is 12.0 Å². The Labute approximate surface area is 119 Å². The van der Waals surface area contributed by atoms with Crippen molar-refractivity contribution >= 4 is 21.6 Å². The number of halogens is 3. The number of anilines is 1. The monoisotopic (exact) mass is 325 g/mol. The van der Waals surface area contributed by atoms with E-state index in [1.165, 1.54) is 17.7 Å². The molecule has 1 nitrogen and oxygen atoms in total. The van der Waals surface area contributed by atoms with Crippen LogP contribution >= 0.6 is 15.9 Å². The average Bonchev–Trinajstić information content (AvgIpc) is 2.38. The fourth-order valence-corrected chi connectivity index (χ4v) is 2.37. The summed E-state index contributed by atoms with van der Waals surface area (Å²) in [6.45, 7) is 2.46. The zero-order chi connectivity index (χ0) is 13.8. The van der Waals surface area contributed by atoms with Crippen LogP contribution < -0.4 is 5.32 Å². The van der Waals surface area contributed by atoms with Crippen LogP contribution in [0.25, 0.3) is 0 Å². The molecule has 19 heavy (non-hydrogen) atoms. The highest BCUT2D eigenvalue weighted by Gasteiger charge is 2.10. The first kappa shape index (κ1) is 14.0. The molecule has 0 bridgehead atoms. The smallest absolute Gasteiger partial charge is 0.150 e. The Kier molecular flexibility index (Phi) is 4.53. The maximum atomic E-state index is 13.7. The zero-order valence-electron chi connectivity index (χ0n) is 10.5. The van der Waals surface area contributed by atoms with E-state index >= 15 is 0 Å². The van der Waals surface area contributed by atoms with Crippen molar-refractivity contribution in [1.29, 1.82) is 0 Å². The molecular weight excluding hydrogens is 312 g/mol. The van der Waals surface area contributed by atoms with Gasteiger partial charge in [0.2, 0.25) is 0 Å². The third kappa shape index (κ3) is 3.32. The second-order valence-electron chi connectivity index (χ2n) is 4.22. The summed E-state index contributed by atoms with van der Waals surface area (Å²) >= 11 is 3.06. The van der Waals surface area contributed by atoms with E-state index in [9.17, 15) is 8.78 Å². The van der Waals surface area contributed by atoms with E-state index in [1.54, 1.807) is 0 Å². The first-order valence-electron chi connectivity index (χ1n) is 6.07. The molecule has 0 aromatic heterocycles. The molecule has 0 aliphatic heterocycles.